The highest BCUT2D eigenvalue weighted by Gasteiger charge is 2.33. The number of amides is 3. The molecule has 0 aliphatic carbocycles. The molecule has 5 atom stereocenters. The van der Waals surface area contributed by atoms with Crippen molar-refractivity contribution in [3.8, 4) is 0 Å². The zero-order valence-corrected chi connectivity index (χ0v) is 20.0. The predicted octanol–water partition coefficient (Wildman–Crippen LogP) is -2.19. The molecule has 14 heteroatoms. The van der Waals surface area contributed by atoms with Gasteiger partial charge in [0.05, 0.1) is 18.8 Å². The van der Waals surface area contributed by atoms with Crippen molar-refractivity contribution in [2.75, 3.05) is 6.61 Å². The molecular formula is C23H31N5O9. The summed E-state index contributed by atoms with van der Waals surface area (Å²) in [7, 11) is 0. The van der Waals surface area contributed by atoms with Crippen molar-refractivity contribution >= 4 is 40.6 Å². The summed E-state index contributed by atoms with van der Waals surface area (Å²) in [5.41, 5.74) is 7.04. The van der Waals surface area contributed by atoms with Crippen LogP contribution in [0.4, 0.5) is 0 Å². The maximum atomic E-state index is 13.0. The summed E-state index contributed by atoms with van der Waals surface area (Å²) in [5.74, 6) is -5.43. The van der Waals surface area contributed by atoms with E-state index in [1.807, 2.05) is 0 Å². The van der Waals surface area contributed by atoms with Crippen molar-refractivity contribution in [2.45, 2.75) is 56.5 Å². The first-order valence-corrected chi connectivity index (χ1v) is 11.4. The molecule has 0 aliphatic heterocycles. The normalized spacial score (nSPS) is 15.1. The van der Waals surface area contributed by atoms with E-state index in [-0.39, 0.29) is 19.3 Å². The number of carbonyl (C=O) groups is 5. The van der Waals surface area contributed by atoms with Gasteiger partial charge in [-0.2, -0.15) is 0 Å². The second-order valence-corrected chi connectivity index (χ2v) is 8.47. The van der Waals surface area contributed by atoms with Crippen molar-refractivity contribution in [3.63, 3.8) is 0 Å². The first-order valence-electron chi connectivity index (χ1n) is 11.4. The number of carboxylic acids is 2. The lowest BCUT2D eigenvalue weighted by Crippen LogP contribution is -2.60. The highest BCUT2D eigenvalue weighted by molar-refractivity contribution is 5.95. The number of aromatic nitrogens is 1. The van der Waals surface area contributed by atoms with Gasteiger partial charge in [-0.05, 0) is 25.0 Å². The number of para-hydroxylation sites is 1. The van der Waals surface area contributed by atoms with Crippen LogP contribution in [0, 0.1) is 0 Å². The molecule has 14 nitrogen and oxygen atoms in total. The lowest BCUT2D eigenvalue weighted by Gasteiger charge is -2.26. The largest absolute Gasteiger partial charge is 0.481 e. The van der Waals surface area contributed by atoms with E-state index >= 15 is 0 Å². The summed E-state index contributed by atoms with van der Waals surface area (Å²) < 4.78 is 0. The van der Waals surface area contributed by atoms with Gasteiger partial charge in [-0.15, -0.1) is 0 Å². The third-order valence-electron chi connectivity index (χ3n) is 5.60. The number of aliphatic hydroxyl groups excluding tert-OH is 2. The summed E-state index contributed by atoms with van der Waals surface area (Å²) in [6.45, 7) is 0.323. The van der Waals surface area contributed by atoms with E-state index < -0.39 is 66.5 Å². The summed E-state index contributed by atoms with van der Waals surface area (Å²) in [6.07, 6.45) is -0.511. The Bertz CT molecular complexity index is 1130. The van der Waals surface area contributed by atoms with Gasteiger partial charge in [0.15, 0.2) is 0 Å². The molecule has 5 unspecified atom stereocenters. The van der Waals surface area contributed by atoms with Crippen molar-refractivity contribution in [1.29, 1.82) is 0 Å². The Hall–Kier alpha value is -4.01. The Morgan fingerprint density at radius 3 is 2.22 bits per heavy atom. The van der Waals surface area contributed by atoms with E-state index in [1.165, 1.54) is 6.92 Å². The second-order valence-electron chi connectivity index (χ2n) is 8.47. The first-order chi connectivity index (χ1) is 17.4. The number of rotatable bonds is 14. The van der Waals surface area contributed by atoms with Crippen LogP contribution >= 0.6 is 0 Å². The lowest BCUT2D eigenvalue weighted by molar-refractivity contribution is -0.143. The predicted molar refractivity (Wildman–Crippen MR) is 129 cm³/mol. The number of nitrogens with one attached hydrogen (secondary N) is 4. The number of hydrogen-bond acceptors (Lipinski definition) is 8. The topological polar surface area (TPSA) is 244 Å². The van der Waals surface area contributed by atoms with Crippen LogP contribution in [0.1, 0.15) is 25.3 Å². The van der Waals surface area contributed by atoms with Gasteiger partial charge in [-0.3, -0.25) is 19.2 Å². The van der Waals surface area contributed by atoms with E-state index in [2.05, 4.69) is 20.9 Å². The number of aliphatic hydroxyl groups is 2. The third-order valence-corrected chi connectivity index (χ3v) is 5.60. The van der Waals surface area contributed by atoms with Gasteiger partial charge in [-0.1, -0.05) is 18.2 Å². The van der Waals surface area contributed by atoms with Gasteiger partial charge in [0.1, 0.15) is 18.1 Å². The first kappa shape index (κ1) is 29.2. The van der Waals surface area contributed by atoms with E-state index in [4.69, 9.17) is 10.8 Å². The van der Waals surface area contributed by atoms with Crippen LogP contribution in [-0.4, -0.2) is 91.9 Å². The molecular weight excluding hydrogens is 490 g/mol. The highest BCUT2D eigenvalue weighted by atomic mass is 16.4. The van der Waals surface area contributed by atoms with Crippen molar-refractivity contribution in [2.24, 2.45) is 5.73 Å². The van der Waals surface area contributed by atoms with Crippen molar-refractivity contribution in [1.82, 2.24) is 20.9 Å². The molecule has 1 heterocycles. The Morgan fingerprint density at radius 2 is 1.62 bits per heavy atom. The van der Waals surface area contributed by atoms with Crippen molar-refractivity contribution < 1.29 is 44.4 Å². The number of carbonyl (C=O) groups excluding carboxylic acids is 3. The second kappa shape index (κ2) is 13.3. The Labute approximate surface area is 211 Å². The van der Waals surface area contributed by atoms with Crippen molar-refractivity contribution in [3.05, 3.63) is 36.0 Å². The summed E-state index contributed by atoms with van der Waals surface area (Å²) >= 11 is 0. The SMILES string of the molecule is CC(O)C(NC(=O)C(N)CCC(=O)O)C(=O)NC(Cc1c[nH]c2ccccc12)C(=O)NC(CO)C(=O)O. The van der Waals surface area contributed by atoms with Crippen LogP contribution in [-0.2, 0) is 30.4 Å². The summed E-state index contributed by atoms with van der Waals surface area (Å²) in [6, 6.07) is 1.32. The van der Waals surface area contributed by atoms with Crippen LogP contribution in [0.25, 0.3) is 10.9 Å². The Morgan fingerprint density at radius 1 is 0.973 bits per heavy atom. The molecule has 3 amide bonds. The van der Waals surface area contributed by atoms with Crippen LogP contribution in [0.5, 0.6) is 0 Å². The standard InChI is InChI=1S/C23H31N5O9/c1-11(30)19(28-20(33)14(24)6-7-18(31)32)22(35)26-16(21(34)27-17(10-29)23(36)37)8-12-9-25-15-5-3-2-4-13(12)15/h2-5,9,11,14,16-17,19,25,29-30H,6-8,10,24H2,1H3,(H,26,35)(H,27,34)(H,28,33)(H,31,32)(H,36,37). The monoisotopic (exact) mass is 521 g/mol. The molecule has 10 N–H and O–H groups in total. The molecule has 2 rings (SSSR count). The number of fused-ring (bicyclic) bond motifs is 1. The molecule has 0 aliphatic rings. The van der Waals surface area contributed by atoms with Gasteiger partial charge >= 0.3 is 11.9 Å². The number of aromatic amines is 1. The number of benzene rings is 1. The molecule has 0 bridgehead atoms. The Balaban J connectivity index is 2.25. The average Bonchev–Trinajstić information content (AvgIpc) is 3.25. The van der Waals surface area contributed by atoms with Crippen LogP contribution in [0.2, 0.25) is 0 Å². The minimum atomic E-state index is -1.63. The number of hydrogen-bond donors (Lipinski definition) is 9. The number of carboxylic acid groups (broad SMARTS) is 2. The maximum Gasteiger partial charge on any atom is 0.328 e. The van der Waals surface area contributed by atoms with Crippen LogP contribution in [0.15, 0.2) is 30.5 Å². The molecule has 202 valence electrons. The fraction of sp³-hybridized carbons (Fsp3) is 0.435. The van der Waals surface area contributed by atoms with Gasteiger partial charge < -0.3 is 47.1 Å². The average molecular weight is 522 g/mol. The zero-order chi connectivity index (χ0) is 27.7. The molecule has 0 saturated heterocycles. The van der Waals surface area contributed by atoms with Crippen LogP contribution in [0.3, 0.4) is 0 Å². The minimum absolute atomic E-state index is 0.0993. The van der Waals surface area contributed by atoms with Gasteiger partial charge in [0, 0.05) is 29.9 Å². The zero-order valence-electron chi connectivity index (χ0n) is 20.0. The molecule has 1 aromatic heterocycles. The Kier molecular flexibility index (Phi) is 10.5. The smallest absolute Gasteiger partial charge is 0.328 e. The molecule has 2 aromatic rings. The molecule has 0 saturated carbocycles. The number of H-pyrrole nitrogens is 1. The van der Waals surface area contributed by atoms with E-state index in [0.717, 1.165) is 10.9 Å². The molecule has 0 radical (unpaired) electrons. The number of aliphatic carboxylic acids is 2. The highest BCUT2D eigenvalue weighted by Crippen LogP contribution is 2.19. The van der Waals surface area contributed by atoms with E-state index in [1.54, 1.807) is 30.5 Å². The molecule has 1 aromatic carbocycles. The molecule has 37 heavy (non-hydrogen) atoms. The summed E-state index contributed by atoms with van der Waals surface area (Å²) in [5, 5.41) is 44.9. The van der Waals surface area contributed by atoms with Crippen LogP contribution < -0.4 is 21.7 Å². The maximum absolute atomic E-state index is 13.0. The van der Waals surface area contributed by atoms with Gasteiger partial charge in [0.2, 0.25) is 17.7 Å². The third kappa shape index (κ3) is 8.27. The lowest BCUT2D eigenvalue weighted by atomic mass is 10.0. The quantitative estimate of drug-likeness (QED) is 0.130. The molecule has 0 spiro atoms. The van der Waals surface area contributed by atoms with E-state index in [0.29, 0.717) is 5.56 Å². The van der Waals surface area contributed by atoms with E-state index in [9.17, 15) is 39.3 Å². The number of nitrogens with two attached hydrogens (primary N) is 1. The molecule has 0 fully saturated rings. The fourth-order valence-electron chi connectivity index (χ4n) is 3.52. The van der Waals surface area contributed by atoms with Gasteiger partial charge in [-0.25, -0.2) is 4.79 Å². The summed E-state index contributed by atoms with van der Waals surface area (Å²) in [4.78, 5) is 63.4. The minimum Gasteiger partial charge on any atom is -0.481 e. The van der Waals surface area contributed by atoms with Gasteiger partial charge in [0.25, 0.3) is 0 Å². The fourth-order valence-corrected chi connectivity index (χ4v) is 3.52.